The number of halogens is 1. The third-order valence-electron chi connectivity index (χ3n) is 2.72. The highest BCUT2D eigenvalue weighted by atomic mass is 35.5. The fraction of sp³-hybridized carbons (Fsp3) is 0.267. The molecule has 1 heterocycles. The highest BCUT2D eigenvalue weighted by Gasteiger charge is 1.98. The minimum absolute atomic E-state index is 0.683. The van der Waals surface area contributed by atoms with Gasteiger partial charge in [0.15, 0.2) is 0 Å². The lowest BCUT2D eigenvalue weighted by molar-refractivity contribution is 1.04. The molecule has 2 aromatic rings. The topological polar surface area (TPSA) is 12.9 Å². The molecule has 2 heteroatoms. The summed E-state index contributed by atoms with van der Waals surface area (Å²) >= 11 is 5.67. The zero-order valence-electron chi connectivity index (χ0n) is 9.99. The van der Waals surface area contributed by atoms with Crippen LogP contribution >= 0.6 is 11.6 Å². The Bertz CT molecular complexity index is 531. The van der Waals surface area contributed by atoms with Crippen LogP contribution in [0.4, 0.5) is 0 Å². The van der Waals surface area contributed by atoms with Crippen molar-refractivity contribution < 1.29 is 0 Å². The first-order chi connectivity index (χ1) is 8.29. The molecule has 88 valence electrons. The Morgan fingerprint density at radius 3 is 2.88 bits per heavy atom. The largest absolute Gasteiger partial charge is 0.253 e. The summed E-state index contributed by atoms with van der Waals surface area (Å²) in [5.41, 5.74) is 3.51. The molecule has 0 atom stereocenters. The van der Waals surface area contributed by atoms with E-state index in [1.165, 1.54) is 11.0 Å². The molecule has 2 rings (SSSR count). The van der Waals surface area contributed by atoms with E-state index in [2.05, 4.69) is 42.2 Å². The molecule has 0 aliphatic heterocycles. The summed E-state index contributed by atoms with van der Waals surface area (Å²) in [5.74, 6) is 0.683. The molecule has 0 saturated heterocycles. The number of fused-ring (bicyclic) bond motifs is 1. The molecule has 0 bridgehead atoms. The number of rotatable bonds is 4. The molecular weight excluding hydrogens is 230 g/mol. The highest BCUT2D eigenvalue weighted by molar-refractivity contribution is 6.17. The van der Waals surface area contributed by atoms with Crippen LogP contribution in [0.1, 0.15) is 19.0 Å². The number of aromatic nitrogens is 1. The Morgan fingerprint density at radius 1 is 1.24 bits per heavy atom. The van der Waals surface area contributed by atoms with Crippen molar-refractivity contribution in [2.75, 3.05) is 5.88 Å². The van der Waals surface area contributed by atoms with Gasteiger partial charge in [-0.05, 0) is 25.5 Å². The lowest BCUT2D eigenvalue weighted by atomic mass is 10.1. The molecule has 1 aromatic carbocycles. The zero-order chi connectivity index (χ0) is 12.1. The maximum Gasteiger partial charge on any atom is 0.0705 e. The van der Waals surface area contributed by atoms with E-state index in [4.69, 9.17) is 11.6 Å². The van der Waals surface area contributed by atoms with E-state index in [1.54, 1.807) is 0 Å². The van der Waals surface area contributed by atoms with Crippen LogP contribution in [-0.2, 0) is 6.42 Å². The number of para-hydroxylation sites is 1. The monoisotopic (exact) mass is 245 g/mol. The van der Waals surface area contributed by atoms with E-state index in [1.807, 2.05) is 12.1 Å². The van der Waals surface area contributed by atoms with E-state index in [9.17, 15) is 0 Å². The number of hydrogen-bond acceptors (Lipinski definition) is 1. The lowest BCUT2D eigenvalue weighted by Crippen LogP contribution is -1.92. The van der Waals surface area contributed by atoms with E-state index >= 15 is 0 Å². The maximum atomic E-state index is 5.67. The van der Waals surface area contributed by atoms with Crippen molar-refractivity contribution in [2.45, 2.75) is 19.8 Å². The van der Waals surface area contributed by atoms with Gasteiger partial charge < -0.3 is 0 Å². The van der Waals surface area contributed by atoms with Gasteiger partial charge in [0, 0.05) is 23.4 Å². The minimum Gasteiger partial charge on any atom is -0.253 e. The Kier molecular flexibility index (Phi) is 4.16. The van der Waals surface area contributed by atoms with Gasteiger partial charge in [0.25, 0.3) is 0 Å². The third-order valence-corrected chi connectivity index (χ3v) is 2.94. The molecule has 17 heavy (non-hydrogen) atoms. The maximum absolute atomic E-state index is 5.67. The molecule has 0 fully saturated rings. The lowest BCUT2D eigenvalue weighted by Gasteiger charge is -2.03. The van der Waals surface area contributed by atoms with Gasteiger partial charge in [0.05, 0.1) is 5.52 Å². The van der Waals surface area contributed by atoms with Crippen LogP contribution in [0, 0.1) is 0 Å². The molecule has 0 spiro atoms. The quantitative estimate of drug-likeness (QED) is 0.576. The first-order valence-corrected chi connectivity index (χ1v) is 6.39. The first-order valence-electron chi connectivity index (χ1n) is 5.86. The van der Waals surface area contributed by atoms with Gasteiger partial charge in [-0.15, -0.1) is 11.6 Å². The second kappa shape index (κ2) is 5.83. The molecule has 0 radical (unpaired) electrons. The van der Waals surface area contributed by atoms with Crippen LogP contribution in [0.2, 0.25) is 0 Å². The highest BCUT2D eigenvalue weighted by Crippen LogP contribution is 2.14. The van der Waals surface area contributed by atoms with Gasteiger partial charge in [-0.3, -0.25) is 4.98 Å². The van der Waals surface area contributed by atoms with Gasteiger partial charge in [0.2, 0.25) is 0 Å². The standard InChI is InChI=1S/C15H16ClN/c1-12(5-4-10-16)11-14-9-8-13-6-2-3-7-15(13)17-14/h2-3,5-9H,4,10-11H2,1H3. The van der Waals surface area contributed by atoms with Crippen molar-refractivity contribution in [3.63, 3.8) is 0 Å². The van der Waals surface area contributed by atoms with Gasteiger partial charge in [-0.1, -0.05) is 35.9 Å². The van der Waals surface area contributed by atoms with Crippen LogP contribution < -0.4 is 0 Å². The van der Waals surface area contributed by atoms with Crippen molar-refractivity contribution in [3.8, 4) is 0 Å². The Hall–Kier alpha value is -1.34. The summed E-state index contributed by atoms with van der Waals surface area (Å²) in [6.07, 6.45) is 4.02. The van der Waals surface area contributed by atoms with Gasteiger partial charge >= 0.3 is 0 Å². The number of benzene rings is 1. The second-order valence-corrected chi connectivity index (χ2v) is 4.58. The fourth-order valence-electron chi connectivity index (χ4n) is 1.87. The van der Waals surface area contributed by atoms with Crippen molar-refractivity contribution in [1.29, 1.82) is 0 Å². The third kappa shape index (κ3) is 3.31. The Labute approximate surface area is 107 Å². The fourth-order valence-corrected chi connectivity index (χ4v) is 1.97. The van der Waals surface area contributed by atoms with E-state index in [0.717, 1.165) is 24.1 Å². The predicted octanol–water partition coefficient (Wildman–Crippen LogP) is 4.35. The molecule has 0 saturated carbocycles. The molecule has 0 aliphatic carbocycles. The average molecular weight is 246 g/mol. The number of allylic oxidation sites excluding steroid dienone is 2. The molecule has 1 nitrogen and oxygen atoms in total. The Morgan fingerprint density at radius 2 is 2.06 bits per heavy atom. The van der Waals surface area contributed by atoms with Gasteiger partial charge in [-0.25, -0.2) is 0 Å². The van der Waals surface area contributed by atoms with Crippen molar-refractivity contribution in [3.05, 3.63) is 53.7 Å². The van der Waals surface area contributed by atoms with Crippen LogP contribution in [0.3, 0.4) is 0 Å². The minimum atomic E-state index is 0.683. The first kappa shape index (κ1) is 12.1. The van der Waals surface area contributed by atoms with Crippen LogP contribution in [0.25, 0.3) is 10.9 Å². The van der Waals surface area contributed by atoms with E-state index in [-0.39, 0.29) is 0 Å². The number of pyridine rings is 1. The summed E-state index contributed by atoms with van der Waals surface area (Å²) in [6, 6.07) is 12.4. The number of alkyl halides is 1. The summed E-state index contributed by atoms with van der Waals surface area (Å²) < 4.78 is 0. The van der Waals surface area contributed by atoms with Crippen LogP contribution in [-0.4, -0.2) is 10.9 Å². The Balaban J connectivity index is 2.19. The van der Waals surface area contributed by atoms with Crippen molar-refractivity contribution >= 4 is 22.5 Å². The molecule has 0 unspecified atom stereocenters. The molecule has 0 N–H and O–H groups in total. The summed E-state index contributed by atoms with van der Waals surface area (Å²) in [6.45, 7) is 2.13. The molecular formula is C15H16ClN. The zero-order valence-corrected chi connectivity index (χ0v) is 10.7. The molecule has 0 aliphatic rings. The number of hydrogen-bond donors (Lipinski definition) is 0. The average Bonchev–Trinajstić information content (AvgIpc) is 2.36. The predicted molar refractivity (Wildman–Crippen MR) is 74.5 cm³/mol. The van der Waals surface area contributed by atoms with Crippen LogP contribution in [0.5, 0.6) is 0 Å². The van der Waals surface area contributed by atoms with E-state index < -0.39 is 0 Å². The summed E-state index contributed by atoms with van der Waals surface area (Å²) in [5, 5.41) is 1.19. The molecule has 0 amide bonds. The van der Waals surface area contributed by atoms with Gasteiger partial charge in [0.1, 0.15) is 0 Å². The molecule has 1 aromatic heterocycles. The number of nitrogens with zero attached hydrogens (tertiary/aromatic N) is 1. The SMILES string of the molecule is CC(=CCCCl)Cc1ccc2ccccc2n1. The normalized spacial score (nSPS) is 12.0. The van der Waals surface area contributed by atoms with Crippen LogP contribution in [0.15, 0.2) is 48.0 Å². The van der Waals surface area contributed by atoms with E-state index in [0.29, 0.717) is 5.88 Å². The van der Waals surface area contributed by atoms with Crippen molar-refractivity contribution in [2.24, 2.45) is 0 Å². The summed E-state index contributed by atoms with van der Waals surface area (Å²) in [4.78, 5) is 4.65. The summed E-state index contributed by atoms with van der Waals surface area (Å²) in [7, 11) is 0. The smallest absolute Gasteiger partial charge is 0.0705 e. The second-order valence-electron chi connectivity index (χ2n) is 4.20. The van der Waals surface area contributed by atoms with Gasteiger partial charge in [-0.2, -0.15) is 0 Å². The van der Waals surface area contributed by atoms with Crippen molar-refractivity contribution in [1.82, 2.24) is 4.98 Å².